The first-order valence-electron chi connectivity index (χ1n) is 11.8. The average Bonchev–Trinajstić information content (AvgIpc) is 3.36. The Bertz CT molecular complexity index is 1270. The van der Waals surface area contributed by atoms with Crippen LogP contribution in [0.25, 0.3) is 5.69 Å². The number of hydrogen-bond donors (Lipinski definition) is 0. The number of halogens is 2. The molecule has 0 unspecified atom stereocenters. The van der Waals surface area contributed by atoms with Crippen molar-refractivity contribution >= 4 is 23.4 Å². The van der Waals surface area contributed by atoms with Gasteiger partial charge in [-0.05, 0) is 43.5 Å². The molecule has 176 valence electrons. The zero-order valence-corrected chi connectivity index (χ0v) is 19.8. The minimum absolute atomic E-state index is 0.254. The summed E-state index contributed by atoms with van der Waals surface area (Å²) in [5, 5.41) is 9.83. The molecule has 34 heavy (non-hydrogen) atoms. The van der Waals surface area contributed by atoms with E-state index in [0.29, 0.717) is 37.5 Å². The third kappa shape index (κ3) is 3.36. The second kappa shape index (κ2) is 7.11. The molecule has 0 radical (unpaired) electrons. The van der Waals surface area contributed by atoms with Crippen LogP contribution in [0.2, 0.25) is 5.02 Å². The zero-order valence-electron chi connectivity index (χ0n) is 19.1. The number of aromatic nitrogens is 5. The van der Waals surface area contributed by atoms with Crippen molar-refractivity contribution in [2.24, 2.45) is 5.41 Å². The fourth-order valence-electron chi connectivity index (χ4n) is 5.70. The minimum Gasteiger partial charge on any atom is -0.354 e. The van der Waals surface area contributed by atoms with E-state index in [-0.39, 0.29) is 5.41 Å². The van der Waals surface area contributed by atoms with Crippen LogP contribution in [0.4, 0.5) is 16.2 Å². The number of alkyl halides is 1. The molecule has 3 fully saturated rings. The maximum absolute atomic E-state index is 14.6. The van der Waals surface area contributed by atoms with E-state index in [4.69, 9.17) is 11.6 Å². The van der Waals surface area contributed by atoms with E-state index in [0.717, 1.165) is 60.7 Å². The summed E-state index contributed by atoms with van der Waals surface area (Å²) in [6.45, 7) is 7.43. The molecule has 0 bridgehead atoms. The van der Waals surface area contributed by atoms with E-state index in [9.17, 15) is 4.39 Å². The molecule has 0 amide bonds. The average molecular weight is 481 g/mol. The Kier molecular flexibility index (Phi) is 4.31. The Hall–Kier alpha value is -2.78. The van der Waals surface area contributed by atoms with Gasteiger partial charge in [-0.1, -0.05) is 11.6 Å². The Balaban J connectivity index is 1.13. The molecule has 1 saturated carbocycles. The molecule has 7 rings (SSSR count). The minimum atomic E-state index is -1.06. The topological polar surface area (TPSA) is 66.2 Å². The first-order valence-corrected chi connectivity index (χ1v) is 12.2. The second-order valence-corrected chi connectivity index (χ2v) is 11.0. The Morgan fingerprint density at radius 3 is 2.59 bits per heavy atom. The Morgan fingerprint density at radius 1 is 1.03 bits per heavy atom. The molecule has 1 spiro atoms. The summed E-state index contributed by atoms with van der Waals surface area (Å²) in [6, 6.07) is 5.94. The summed E-state index contributed by atoms with van der Waals surface area (Å²) in [7, 11) is 0. The van der Waals surface area contributed by atoms with Crippen LogP contribution in [0.5, 0.6) is 0 Å². The lowest BCUT2D eigenvalue weighted by molar-refractivity contribution is 0.153. The van der Waals surface area contributed by atoms with Crippen LogP contribution in [0.1, 0.15) is 29.9 Å². The lowest BCUT2D eigenvalue weighted by atomic mass is 9.73. The lowest BCUT2D eigenvalue weighted by Crippen LogP contribution is -2.73. The third-order valence-electron chi connectivity index (χ3n) is 7.51. The van der Waals surface area contributed by atoms with E-state index in [1.165, 1.54) is 0 Å². The SMILES string of the molecule is Cc1cncc(N2CC3(C2)CN(c2nnc4n2-c2ccc(Cl)cc2CN(CC2(F)CC2)C4)C3)n1. The predicted octanol–water partition coefficient (Wildman–Crippen LogP) is 3.16. The van der Waals surface area contributed by atoms with Gasteiger partial charge >= 0.3 is 0 Å². The molecular formula is C24H26ClFN8. The first-order chi connectivity index (χ1) is 16.4. The van der Waals surface area contributed by atoms with Crippen molar-refractivity contribution in [2.45, 2.75) is 38.5 Å². The molecule has 10 heteroatoms. The molecule has 3 aromatic rings. The lowest BCUT2D eigenvalue weighted by Gasteiger charge is -2.60. The summed E-state index contributed by atoms with van der Waals surface area (Å²) >= 11 is 6.34. The summed E-state index contributed by atoms with van der Waals surface area (Å²) in [5.74, 6) is 2.67. The molecule has 8 nitrogen and oxygen atoms in total. The van der Waals surface area contributed by atoms with Crippen LogP contribution < -0.4 is 9.80 Å². The number of anilines is 2. The van der Waals surface area contributed by atoms with Crippen LogP contribution in [0.3, 0.4) is 0 Å². The highest BCUT2D eigenvalue weighted by Gasteiger charge is 2.53. The largest absolute Gasteiger partial charge is 0.354 e. The maximum atomic E-state index is 14.6. The van der Waals surface area contributed by atoms with E-state index >= 15 is 0 Å². The van der Waals surface area contributed by atoms with Crippen molar-refractivity contribution < 1.29 is 4.39 Å². The number of rotatable bonds is 4. The van der Waals surface area contributed by atoms with Gasteiger partial charge in [-0.3, -0.25) is 14.5 Å². The molecule has 0 N–H and O–H groups in total. The van der Waals surface area contributed by atoms with Crippen molar-refractivity contribution in [1.82, 2.24) is 29.6 Å². The summed E-state index contributed by atoms with van der Waals surface area (Å²) in [5.41, 5.74) is 2.26. The quantitative estimate of drug-likeness (QED) is 0.568. The van der Waals surface area contributed by atoms with Gasteiger partial charge in [-0.15, -0.1) is 10.2 Å². The smallest absolute Gasteiger partial charge is 0.231 e. The van der Waals surface area contributed by atoms with E-state index in [1.807, 2.05) is 31.3 Å². The third-order valence-corrected chi connectivity index (χ3v) is 7.74. The van der Waals surface area contributed by atoms with Crippen molar-refractivity contribution in [3.05, 3.63) is 52.7 Å². The van der Waals surface area contributed by atoms with E-state index in [1.54, 1.807) is 6.20 Å². The number of nitrogens with zero attached hydrogens (tertiary/aromatic N) is 8. The molecule has 0 atom stereocenters. The fourth-order valence-corrected chi connectivity index (χ4v) is 5.89. The van der Waals surface area contributed by atoms with Crippen molar-refractivity contribution in [1.29, 1.82) is 0 Å². The fraction of sp³-hybridized carbons (Fsp3) is 0.500. The molecule has 4 aliphatic rings. The van der Waals surface area contributed by atoms with E-state index < -0.39 is 5.67 Å². The Labute approximate surface area is 202 Å². The van der Waals surface area contributed by atoms with Crippen LogP contribution >= 0.6 is 11.6 Å². The predicted molar refractivity (Wildman–Crippen MR) is 127 cm³/mol. The summed E-state index contributed by atoms with van der Waals surface area (Å²) in [4.78, 5) is 15.6. The van der Waals surface area contributed by atoms with Gasteiger partial charge in [0.2, 0.25) is 5.95 Å². The normalized spacial score (nSPS) is 22.0. The molecular weight excluding hydrogens is 455 g/mol. The number of benzene rings is 1. The summed E-state index contributed by atoms with van der Waals surface area (Å²) < 4.78 is 16.8. The summed E-state index contributed by atoms with van der Waals surface area (Å²) in [6.07, 6.45) is 4.91. The second-order valence-electron chi connectivity index (χ2n) is 10.6. The maximum Gasteiger partial charge on any atom is 0.231 e. The molecule has 2 saturated heterocycles. The van der Waals surface area contributed by atoms with Gasteiger partial charge < -0.3 is 9.80 Å². The molecule has 5 heterocycles. The first kappa shape index (κ1) is 20.6. The monoisotopic (exact) mass is 480 g/mol. The zero-order chi connectivity index (χ0) is 23.1. The number of aryl methyl sites for hydroxylation is 1. The Morgan fingerprint density at radius 2 is 1.82 bits per heavy atom. The van der Waals surface area contributed by atoms with Gasteiger partial charge in [0.05, 0.1) is 24.1 Å². The highest BCUT2D eigenvalue weighted by Crippen LogP contribution is 2.45. The highest BCUT2D eigenvalue weighted by atomic mass is 35.5. The van der Waals surface area contributed by atoms with Crippen molar-refractivity contribution in [3.8, 4) is 5.69 Å². The standard InChI is InChI=1S/C24H26ClFN8/c1-16-7-27-8-20(28-16)32-11-23(12-32)13-33(14-23)22-30-29-21-10-31(15-24(26)4-5-24)9-17-6-18(25)2-3-19(17)34(21)22/h2-3,6-8H,4-5,9-15H2,1H3. The highest BCUT2D eigenvalue weighted by molar-refractivity contribution is 6.30. The van der Waals surface area contributed by atoms with Crippen LogP contribution in [-0.4, -0.2) is 68.0 Å². The molecule has 3 aliphatic heterocycles. The van der Waals surface area contributed by atoms with Crippen molar-refractivity contribution in [3.63, 3.8) is 0 Å². The van der Waals surface area contributed by atoms with Gasteiger partial charge in [0.15, 0.2) is 5.82 Å². The van der Waals surface area contributed by atoms with Crippen LogP contribution in [0, 0.1) is 12.3 Å². The number of fused-ring (bicyclic) bond motifs is 3. The van der Waals surface area contributed by atoms with Gasteiger partial charge in [-0.25, -0.2) is 9.37 Å². The van der Waals surface area contributed by atoms with Crippen molar-refractivity contribution in [2.75, 3.05) is 42.5 Å². The van der Waals surface area contributed by atoms with E-state index in [2.05, 4.69) is 39.4 Å². The van der Waals surface area contributed by atoms with Gasteiger partial charge in [-0.2, -0.15) is 0 Å². The van der Waals surface area contributed by atoms with Crippen LogP contribution in [0.15, 0.2) is 30.6 Å². The number of hydrogen-bond acceptors (Lipinski definition) is 7. The van der Waals surface area contributed by atoms with Gasteiger partial charge in [0, 0.05) is 55.9 Å². The molecule has 1 aliphatic carbocycles. The van der Waals surface area contributed by atoms with Gasteiger partial charge in [0.25, 0.3) is 0 Å². The molecule has 2 aromatic heterocycles. The molecule has 1 aromatic carbocycles. The van der Waals surface area contributed by atoms with Gasteiger partial charge in [0.1, 0.15) is 11.5 Å². The van der Waals surface area contributed by atoms with Crippen LogP contribution in [-0.2, 0) is 13.1 Å².